The molecule has 0 saturated heterocycles. The molecule has 42 heavy (non-hydrogen) atoms. The summed E-state index contributed by atoms with van der Waals surface area (Å²) >= 11 is 0. The van der Waals surface area contributed by atoms with Crippen LogP contribution in [0.4, 0.5) is 0 Å². The average Bonchev–Trinajstić information content (AvgIpc) is 3.34. The molecule has 204 valence electrons. The predicted molar refractivity (Wildman–Crippen MR) is 170 cm³/mol. The molecule has 1 N–H and O–H groups in total. The van der Waals surface area contributed by atoms with Gasteiger partial charge in [0.2, 0.25) is 5.78 Å². The van der Waals surface area contributed by atoms with Crippen molar-refractivity contribution in [1.82, 2.24) is 14.5 Å². The Morgan fingerprint density at radius 2 is 1.48 bits per heavy atom. The van der Waals surface area contributed by atoms with E-state index in [1.807, 2.05) is 60.7 Å². The van der Waals surface area contributed by atoms with Gasteiger partial charge in [0, 0.05) is 27.9 Å². The van der Waals surface area contributed by atoms with Gasteiger partial charge in [0.1, 0.15) is 22.8 Å². The highest BCUT2D eigenvalue weighted by Gasteiger charge is 2.19. The number of para-hydroxylation sites is 1. The molecule has 5 heteroatoms. The van der Waals surface area contributed by atoms with E-state index in [1.54, 1.807) is 18.3 Å². The maximum Gasteiger partial charge on any atom is 0.211 e. The Labute approximate surface area is 243 Å². The molecular formula is C37H29N3O2. The Balaban J connectivity index is 1.33. The van der Waals surface area contributed by atoms with Gasteiger partial charge >= 0.3 is 0 Å². The molecule has 0 fully saturated rings. The van der Waals surface area contributed by atoms with Crippen LogP contribution >= 0.6 is 0 Å². The minimum absolute atomic E-state index is 0.0421. The number of ketones is 1. The van der Waals surface area contributed by atoms with Crippen LogP contribution in [-0.4, -0.2) is 25.4 Å². The van der Waals surface area contributed by atoms with Crippen molar-refractivity contribution in [1.29, 1.82) is 0 Å². The van der Waals surface area contributed by atoms with Crippen molar-refractivity contribution in [3.63, 3.8) is 0 Å². The SMILES string of the molecule is CC(C)(C)c1ccc(-c2ccc(O)c3nc(C(=O)c4ccc5c6ccccc6n(-c6ccccn6)c5c4)ccc23)cc1. The molecular weight excluding hydrogens is 518 g/mol. The topological polar surface area (TPSA) is 68.0 Å². The van der Waals surface area contributed by atoms with Crippen LogP contribution in [-0.2, 0) is 5.41 Å². The van der Waals surface area contributed by atoms with Gasteiger partial charge in [0.25, 0.3) is 0 Å². The number of pyridine rings is 2. The summed E-state index contributed by atoms with van der Waals surface area (Å²) in [5.74, 6) is 0.613. The Hall–Kier alpha value is -5.29. The molecule has 0 aliphatic rings. The fourth-order valence-corrected chi connectivity index (χ4v) is 5.72. The van der Waals surface area contributed by atoms with Crippen molar-refractivity contribution < 1.29 is 9.90 Å². The molecule has 3 heterocycles. The number of rotatable bonds is 4. The molecule has 3 aromatic heterocycles. The Bertz CT molecular complexity index is 2140. The fraction of sp³-hybridized carbons (Fsp3) is 0.108. The molecule has 7 rings (SSSR count). The highest BCUT2D eigenvalue weighted by molar-refractivity contribution is 6.14. The van der Waals surface area contributed by atoms with Gasteiger partial charge in [-0.15, -0.1) is 0 Å². The first-order chi connectivity index (χ1) is 20.3. The lowest BCUT2D eigenvalue weighted by Gasteiger charge is -2.19. The lowest BCUT2D eigenvalue weighted by Crippen LogP contribution is -2.10. The highest BCUT2D eigenvalue weighted by atomic mass is 16.3. The largest absolute Gasteiger partial charge is 0.506 e. The molecule has 0 unspecified atom stereocenters. The second kappa shape index (κ2) is 9.67. The summed E-state index contributed by atoms with van der Waals surface area (Å²) in [6.07, 6.45) is 1.77. The normalized spacial score (nSPS) is 11.9. The van der Waals surface area contributed by atoms with Gasteiger partial charge < -0.3 is 5.11 Å². The predicted octanol–water partition coefficient (Wildman–Crippen LogP) is 8.63. The zero-order valence-corrected chi connectivity index (χ0v) is 23.7. The first kappa shape index (κ1) is 25.7. The van der Waals surface area contributed by atoms with Crippen LogP contribution in [0.5, 0.6) is 5.75 Å². The molecule has 5 nitrogen and oxygen atoms in total. The van der Waals surface area contributed by atoms with E-state index in [9.17, 15) is 9.90 Å². The first-order valence-electron chi connectivity index (χ1n) is 14.0. The van der Waals surface area contributed by atoms with Crippen LogP contribution in [0.3, 0.4) is 0 Å². The van der Waals surface area contributed by atoms with Crippen molar-refractivity contribution in [3.8, 4) is 22.7 Å². The quantitative estimate of drug-likeness (QED) is 0.224. The van der Waals surface area contributed by atoms with Crippen molar-refractivity contribution in [2.45, 2.75) is 26.2 Å². The lowest BCUT2D eigenvalue weighted by atomic mass is 9.86. The standard InChI is InChI=1S/C37H29N3O2/c1-37(2,3)25-14-11-23(12-15-25)26-18-20-33(41)35-29(26)17-19-30(39-35)36(42)24-13-16-28-27-8-4-5-9-31(27)40(32(28)22-24)34-10-6-7-21-38-34/h4-22,41H,1-3H3. The lowest BCUT2D eigenvalue weighted by molar-refractivity contribution is 0.103. The van der Waals surface area contributed by atoms with Crippen molar-refractivity contribution in [3.05, 3.63) is 132 Å². The van der Waals surface area contributed by atoms with Gasteiger partial charge in [0.15, 0.2) is 0 Å². The van der Waals surface area contributed by atoms with Crippen LogP contribution in [0.15, 0.2) is 115 Å². The Morgan fingerprint density at radius 1 is 0.738 bits per heavy atom. The summed E-state index contributed by atoms with van der Waals surface area (Å²) in [5, 5.41) is 13.7. The van der Waals surface area contributed by atoms with Gasteiger partial charge in [-0.1, -0.05) is 81.4 Å². The van der Waals surface area contributed by atoms with E-state index in [0.717, 1.165) is 44.1 Å². The van der Waals surface area contributed by atoms with Crippen LogP contribution in [0.2, 0.25) is 0 Å². The third kappa shape index (κ3) is 4.22. The summed E-state index contributed by atoms with van der Waals surface area (Å²) in [5.41, 5.74) is 6.40. The molecule has 0 aliphatic heterocycles. The summed E-state index contributed by atoms with van der Waals surface area (Å²) in [7, 11) is 0. The number of hydrogen-bond acceptors (Lipinski definition) is 4. The first-order valence-corrected chi connectivity index (χ1v) is 14.0. The van der Waals surface area contributed by atoms with Gasteiger partial charge in [-0.2, -0.15) is 0 Å². The molecule has 4 aromatic carbocycles. The summed E-state index contributed by atoms with van der Waals surface area (Å²) < 4.78 is 2.08. The van der Waals surface area contributed by atoms with E-state index in [1.165, 1.54) is 5.56 Å². The third-order valence-electron chi connectivity index (χ3n) is 7.94. The minimum atomic E-state index is -0.212. The number of benzene rings is 4. The van der Waals surface area contributed by atoms with Crippen molar-refractivity contribution in [2.24, 2.45) is 0 Å². The number of hydrogen-bond donors (Lipinski definition) is 1. The number of aromatic hydroxyl groups is 1. The maximum absolute atomic E-state index is 13.8. The van der Waals surface area contributed by atoms with Crippen LogP contribution in [0.25, 0.3) is 49.7 Å². The van der Waals surface area contributed by atoms with E-state index < -0.39 is 0 Å². The van der Waals surface area contributed by atoms with Gasteiger partial charge in [0.05, 0.1) is 11.0 Å². The minimum Gasteiger partial charge on any atom is -0.506 e. The zero-order chi connectivity index (χ0) is 29.0. The zero-order valence-electron chi connectivity index (χ0n) is 23.7. The molecule has 0 radical (unpaired) electrons. The number of fused-ring (bicyclic) bond motifs is 4. The Kier molecular flexibility index (Phi) is 5.91. The van der Waals surface area contributed by atoms with Crippen molar-refractivity contribution >= 4 is 38.5 Å². The van der Waals surface area contributed by atoms with E-state index in [0.29, 0.717) is 11.1 Å². The molecule has 0 amide bonds. The maximum atomic E-state index is 13.8. The number of nitrogens with zero attached hydrogens (tertiary/aromatic N) is 3. The van der Waals surface area contributed by atoms with Crippen LogP contribution < -0.4 is 0 Å². The summed E-state index contributed by atoms with van der Waals surface area (Å²) in [6, 6.07) is 35.4. The molecule has 0 atom stereocenters. The van der Waals surface area contributed by atoms with E-state index >= 15 is 0 Å². The van der Waals surface area contributed by atoms with Gasteiger partial charge in [-0.05, 0) is 70.6 Å². The smallest absolute Gasteiger partial charge is 0.211 e. The number of aromatic nitrogens is 3. The Morgan fingerprint density at radius 3 is 2.24 bits per heavy atom. The van der Waals surface area contributed by atoms with Crippen LogP contribution in [0, 0.1) is 0 Å². The number of phenols is 1. The molecule has 0 saturated carbocycles. The second-order valence-electron chi connectivity index (χ2n) is 11.7. The number of carbonyl (C=O) groups is 1. The van der Waals surface area contributed by atoms with Crippen LogP contribution in [0.1, 0.15) is 42.4 Å². The molecule has 0 spiro atoms. The molecule has 7 aromatic rings. The van der Waals surface area contributed by atoms with E-state index in [-0.39, 0.29) is 22.6 Å². The summed E-state index contributed by atoms with van der Waals surface area (Å²) in [4.78, 5) is 23.1. The second-order valence-corrected chi connectivity index (χ2v) is 11.7. The summed E-state index contributed by atoms with van der Waals surface area (Å²) in [6.45, 7) is 6.57. The molecule has 0 bridgehead atoms. The van der Waals surface area contributed by atoms with E-state index in [2.05, 4.69) is 71.7 Å². The highest BCUT2D eigenvalue weighted by Crippen LogP contribution is 2.36. The number of carbonyl (C=O) groups excluding carboxylic acids is 1. The third-order valence-corrected chi connectivity index (χ3v) is 7.94. The number of phenolic OH excluding ortho intramolecular Hbond substituents is 1. The monoisotopic (exact) mass is 547 g/mol. The average molecular weight is 548 g/mol. The van der Waals surface area contributed by atoms with Gasteiger partial charge in [-0.25, -0.2) is 9.97 Å². The fourth-order valence-electron chi connectivity index (χ4n) is 5.72. The van der Waals surface area contributed by atoms with Crippen molar-refractivity contribution in [2.75, 3.05) is 0 Å². The van der Waals surface area contributed by atoms with Gasteiger partial charge in [-0.3, -0.25) is 9.36 Å². The molecule has 0 aliphatic carbocycles. The van der Waals surface area contributed by atoms with E-state index in [4.69, 9.17) is 0 Å².